The molecule has 0 spiro atoms. The van der Waals surface area contributed by atoms with Crippen LogP contribution in [-0.2, 0) is 6.54 Å². The Balaban J connectivity index is 1.53. The van der Waals surface area contributed by atoms with E-state index in [1.54, 1.807) is 7.11 Å². The van der Waals surface area contributed by atoms with Crippen LogP contribution in [0, 0.1) is 0 Å². The molecule has 6 rings (SSSR count). The zero-order valence-electron chi connectivity index (χ0n) is 21.3. The van der Waals surface area contributed by atoms with Crippen molar-refractivity contribution < 1.29 is 9.84 Å². The van der Waals surface area contributed by atoms with Crippen molar-refractivity contribution in [2.24, 2.45) is 0 Å². The summed E-state index contributed by atoms with van der Waals surface area (Å²) in [6.07, 6.45) is -0.638. The van der Waals surface area contributed by atoms with Crippen LogP contribution in [0.5, 0.6) is 5.75 Å². The predicted molar refractivity (Wildman–Crippen MR) is 158 cm³/mol. The van der Waals surface area contributed by atoms with Crippen LogP contribution in [0.25, 0.3) is 44.1 Å². The first-order valence-electron chi connectivity index (χ1n) is 12.9. The fraction of sp³-hybridized carbons (Fsp3) is 0.118. The second-order valence-corrected chi connectivity index (χ2v) is 9.48. The molecule has 4 heteroatoms. The quantitative estimate of drug-likeness (QED) is 0.227. The SMILES string of the molecule is COc1ccccc1NCC(O)Cn1c(-c2ccccc2)c(-c2ccccc2)c2ccc3ccccc3c21. The lowest BCUT2D eigenvalue weighted by Crippen LogP contribution is -2.25. The van der Waals surface area contributed by atoms with E-state index in [-0.39, 0.29) is 0 Å². The number of ether oxygens (including phenoxy) is 1. The molecule has 0 saturated carbocycles. The minimum atomic E-state index is -0.638. The maximum atomic E-state index is 11.4. The van der Waals surface area contributed by atoms with Gasteiger partial charge in [0.15, 0.2) is 0 Å². The number of aliphatic hydroxyl groups excluding tert-OH is 1. The largest absolute Gasteiger partial charge is 0.495 e. The number of rotatable bonds is 8. The van der Waals surface area contributed by atoms with Crippen LogP contribution < -0.4 is 10.1 Å². The molecule has 188 valence electrons. The van der Waals surface area contributed by atoms with Crippen LogP contribution in [0.1, 0.15) is 0 Å². The highest BCUT2D eigenvalue weighted by atomic mass is 16.5. The summed E-state index contributed by atoms with van der Waals surface area (Å²) in [6.45, 7) is 0.823. The lowest BCUT2D eigenvalue weighted by molar-refractivity contribution is 0.169. The predicted octanol–water partition coefficient (Wildman–Crippen LogP) is 7.61. The van der Waals surface area contributed by atoms with E-state index < -0.39 is 6.10 Å². The lowest BCUT2D eigenvalue weighted by Gasteiger charge is -2.19. The molecule has 0 fully saturated rings. The summed E-state index contributed by atoms with van der Waals surface area (Å²) in [5, 5.41) is 18.3. The van der Waals surface area contributed by atoms with Crippen molar-refractivity contribution in [3.8, 4) is 28.1 Å². The fourth-order valence-corrected chi connectivity index (χ4v) is 5.39. The number of para-hydroxylation sites is 2. The number of aliphatic hydroxyl groups is 1. The van der Waals surface area contributed by atoms with Gasteiger partial charge in [-0.25, -0.2) is 0 Å². The van der Waals surface area contributed by atoms with Gasteiger partial charge in [0.2, 0.25) is 0 Å². The van der Waals surface area contributed by atoms with Crippen LogP contribution in [0.15, 0.2) is 121 Å². The van der Waals surface area contributed by atoms with Gasteiger partial charge in [-0.15, -0.1) is 0 Å². The molecule has 0 aliphatic carbocycles. The molecule has 6 aromatic rings. The first-order valence-corrected chi connectivity index (χ1v) is 12.9. The zero-order chi connectivity index (χ0) is 25.9. The molecule has 38 heavy (non-hydrogen) atoms. The van der Waals surface area contributed by atoms with Gasteiger partial charge < -0.3 is 19.7 Å². The molecule has 0 aliphatic heterocycles. The van der Waals surface area contributed by atoms with Crippen molar-refractivity contribution >= 4 is 27.4 Å². The number of fused-ring (bicyclic) bond motifs is 3. The monoisotopic (exact) mass is 498 g/mol. The number of methoxy groups -OCH3 is 1. The number of aromatic nitrogens is 1. The van der Waals surface area contributed by atoms with Gasteiger partial charge in [-0.2, -0.15) is 0 Å². The van der Waals surface area contributed by atoms with Crippen molar-refractivity contribution in [2.75, 3.05) is 19.0 Å². The topological polar surface area (TPSA) is 46.4 Å². The maximum Gasteiger partial charge on any atom is 0.141 e. The van der Waals surface area contributed by atoms with Crippen molar-refractivity contribution in [3.63, 3.8) is 0 Å². The van der Waals surface area contributed by atoms with Crippen LogP contribution in [0.3, 0.4) is 0 Å². The summed E-state index contributed by atoms with van der Waals surface area (Å²) in [7, 11) is 1.66. The highest BCUT2D eigenvalue weighted by molar-refractivity contribution is 6.15. The van der Waals surface area contributed by atoms with Gasteiger partial charge in [0.1, 0.15) is 5.75 Å². The standard InChI is InChI=1S/C34H30N2O2/c1-38-31-19-11-10-18-30(31)35-22-27(37)23-36-33(26-15-6-3-7-16-26)32(25-13-4-2-5-14-25)29-21-20-24-12-8-9-17-28(24)34(29)36/h2-21,27,35,37H,22-23H2,1H3. The highest BCUT2D eigenvalue weighted by Crippen LogP contribution is 2.43. The average molecular weight is 499 g/mol. The molecule has 0 aliphatic rings. The summed E-state index contributed by atoms with van der Waals surface area (Å²) in [6, 6.07) is 41.7. The number of nitrogens with one attached hydrogen (secondary N) is 1. The third-order valence-corrected chi connectivity index (χ3v) is 7.08. The normalized spacial score (nSPS) is 12.1. The molecule has 2 N–H and O–H groups in total. The molecule has 4 nitrogen and oxygen atoms in total. The Hall–Kier alpha value is -4.54. The molecule has 1 atom stereocenters. The Bertz CT molecular complexity index is 1690. The molecular formula is C34H30N2O2. The molecule has 1 unspecified atom stereocenters. The fourth-order valence-electron chi connectivity index (χ4n) is 5.39. The van der Waals surface area contributed by atoms with Gasteiger partial charge in [0.05, 0.1) is 36.7 Å². The Morgan fingerprint density at radius 1 is 0.711 bits per heavy atom. The summed E-state index contributed by atoms with van der Waals surface area (Å²) < 4.78 is 7.79. The zero-order valence-corrected chi connectivity index (χ0v) is 21.3. The summed E-state index contributed by atoms with van der Waals surface area (Å²) >= 11 is 0. The maximum absolute atomic E-state index is 11.4. The van der Waals surface area contributed by atoms with Crippen molar-refractivity contribution in [1.29, 1.82) is 0 Å². The van der Waals surface area contributed by atoms with Crippen LogP contribution in [0.2, 0.25) is 0 Å². The van der Waals surface area contributed by atoms with E-state index in [9.17, 15) is 5.11 Å². The van der Waals surface area contributed by atoms with Gasteiger partial charge in [-0.05, 0) is 28.6 Å². The highest BCUT2D eigenvalue weighted by Gasteiger charge is 2.23. The number of hydrogen-bond acceptors (Lipinski definition) is 3. The van der Waals surface area contributed by atoms with E-state index in [2.05, 4.69) is 94.8 Å². The Morgan fingerprint density at radius 3 is 2.13 bits per heavy atom. The van der Waals surface area contributed by atoms with Gasteiger partial charge >= 0.3 is 0 Å². The van der Waals surface area contributed by atoms with E-state index in [0.717, 1.165) is 33.8 Å². The first-order chi connectivity index (χ1) is 18.7. The third-order valence-electron chi connectivity index (χ3n) is 7.08. The second-order valence-electron chi connectivity index (χ2n) is 9.48. The van der Waals surface area contributed by atoms with Crippen LogP contribution in [-0.4, -0.2) is 29.4 Å². The van der Waals surface area contributed by atoms with Crippen molar-refractivity contribution in [2.45, 2.75) is 12.6 Å². The average Bonchev–Trinajstić information content (AvgIpc) is 3.31. The molecule has 5 aromatic carbocycles. The summed E-state index contributed by atoms with van der Waals surface area (Å²) in [4.78, 5) is 0. The smallest absolute Gasteiger partial charge is 0.141 e. The van der Waals surface area contributed by atoms with E-state index in [1.165, 1.54) is 21.7 Å². The third kappa shape index (κ3) is 4.40. The van der Waals surface area contributed by atoms with E-state index >= 15 is 0 Å². The van der Waals surface area contributed by atoms with Crippen molar-refractivity contribution in [1.82, 2.24) is 4.57 Å². The van der Waals surface area contributed by atoms with Crippen LogP contribution >= 0.6 is 0 Å². The van der Waals surface area contributed by atoms with Gasteiger partial charge in [-0.3, -0.25) is 0 Å². The number of benzene rings is 5. The number of nitrogens with zero attached hydrogens (tertiary/aromatic N) is 1. The van der Waals surface area contributed by atoms with Gasteiger partial charge in [0.25, 0.3) is 0 Å². The number of hydrogen-bond donors (Lipinski definition) is 2. The van der Waals surface area contributed by atoms with E-state index in [0.29, 0.717) is 13.1 Å². The molecule has 0 bridgehead atoms. The second kappa shape index (κ2) is 10.4. The summed E-state index contributed by atoms with van der Waals surface area (Å²) in [5.41, 5.74) is 6.58. The molecule has 0 saturated heterocycles. The number of anilines is 1. The van der Waals surface area contributed by atoms with Crippen molar-refractivity contribution in [3.05, 3.63) is 121 Å². The lowest BCUT2D eigenvalue weighted by atomic mass is 9.97. The molecule has 0 radical (unpaired) electrons. The Kier molecular flexibility index (Phi) is 6.55. The van der Waals surface area contributed by atoms with E-state index in [4.69, 9.17) is 4.74 Å². The van der Waals surface area contributed by atoms with Gasteiger partial charge in [0, 0.05) is 22.9 Å². The minimum Gasteiger partial charge on any atom is -0.495 e. The van der Waals surface area contributed by atoms with Gasteiger partial charge in [-0.1, -0.05) is 109 Å². The van der Waals surface area contributed by atoms with E-state index in [1.807, 2.05) is 36.4 Å². The Labute approximate surface area is 222 Å². The Morgan fingerprint density at radius 2 is 1.37 bits per heavy atom. The first kappa shape index (κ1) is 23.8. The summed E-state index contributed by atoms with van der Waals surface area (Å²) in [5.74, 6) is 0.758. The molecule has 1 heterocycles. The van der Waals surface area contributed by atoms with Crippen LogP contribution in [0.4, 0.5) is 5.69 Å². The molecular weight excluding hydrogens is 468 g/mol. The minimum absolute atomic E-state index is 0.389. The molecule has 0 amide bonds. The molecule has 1 aromatic heterocycles.